The van der Waals surface area contributed by atoms with Crippen LogP contribution in [-0.2, 0) is 16.1 Å². The van der Waals surface area contributed by atoms with E-state index < -0.39 is 0 Å². The summed E-state index contributed by atoms with van der Waals surface area (Å²) >= 11 is 0. The minimum absolute atomic E-state index is 0.267. The summed E-state index contributed by atoms with van der Waals surface area (Å²) in [6.07, 6.45) is 1.70. The third kappa shape index (κ3) is 3.07. The van der Waals surface area contributed by atoms with Crippen LogP contribution < -0.4 is 0 Å². The van der Waals surface area contributed by atoms with Gasteiger partial charge in [0.05, 0.1) is 13.2 Å². The average Bonchev–Trinajstić information content (AvgIpc) is 2.72. The lowest BCUT2D eigenvalue weighted by molar-refractivity contribution is -0.128. The van der Waals surface area contributed by atoms with E-state index in [4.69, 9.17) is 4.74 Å². The van der Waals surface area contributed by atoms with Gasteiger partial charge < -0.3 is 9.64 Å². The lowest BCUT2D eigenvalue weighted by Crippen LogP contribution is -2.28. The zero-order valence-electron chi connectivity index (χ0n) is 9.39. The summed E-state index contributed by atoms with van der Waals surface area (Å²) in [6.45, 7) is 2.88. The molecule has 2 rings (SSSR count). The molecule has 16 heavy (non-hydrogen) atoms. The van der Waals surface area contributed by atoms with Crippen molar-refractivity contribution >= 4 is 5.91 Å². The number of likely N-dealkylation sites (tertiary alicyclic amines) is 1. The Bertz CT molecular complexity index is 337. The van der Waals surface area contributed by atoms with Gasteiger partial charge in [0.25, 0.3) is 0 Å². The summed E-state index contributed by atoms with van der Waals surface area (Å²) < 4.78 is 5.54. The Morgan fingerprint density at radius 3 is 2.75 bits per heavy atom. The molecule has 0 saturated carbocycles. The van der Waals surface area contributed by atoms with E-state index in [9.17, 15) is 4.79 Å². The van der Waals surface area contributed by atoms with Gasteiger partial charge in [-0.3, -0.25) is 4.79 Å². The van der Waals surface area contributed by atoms with Gasteiger partial charge in [-0.2, -0.15) is 0 Å². The first-order valence-electron chi connectivity index (χ1n) is 5.76. The van der Waals surface area contributed by atoms with Gasteiger partial charge in [-0.25, -0.2) is 0 Å². The molecule has 1 aromatic carbocycles. The molecule has 0 aromatic heterocycles. The van der Waals surface area contributed by atoms with Crippen molar-refractivity contribution in [3.8, 4) is 0 Å². The van der Waals surface area contributed by atoms with Crippen LogP contribution in [0.5, 0.6) is 0 Å². The van der Waals surface area contributed by atoms with Gasteiger partial charge in [-0.05, 0) is 12.0 Å². The number of carbonyl (C=O) groups is 1. The van der Waals surface area contributed by atoms with E-state index >= 15 is 0 Å². The Hall–Kier alpha value is -1.35. The van der Waals surface area contributed by atoms with Gasteiger partial charge in [0.15, 0.2) is 0 Å². The van der Waals surface area contributed by atoms with E-state index in [0.29, 0.717) is 19.6 Å². The average molecular weight is 219 g/mol. The SMILES string of the molecule is O=C1CCCN1CCOCc1ccccc1. The molecule has 0 N–H and O–H groups in total. The Morgan fingerprint density at radius 1 is 1.25 bits per heavy atom. The molecule has 1 amide bonds. The molecule has 0 atom stereocenters. The van der Waals surface area contributed by atoms with Crippen molar-refractivity contribution in [3.05, 3.63) is 35.9 Å². The molecule has 0 spiro atoms. The number of ether oxygens (including phenoxy) is 1. The summed E-state index contributed by atoms with van der Waals surface area (Å²) in [7, 11) is 0. The molecule has 1 aliphatic rings. The largest absolute Gasteiger partial charge is 0.375 e. The maximum atomic E-state index is 11.3. The second kappa shape index (κ2) is 5.66. The first-order valence-corrected chi connectivity index (χ1v) is 5.76. The van der Waals surface area contributed by atoms with Crippen molar-refractivity contribution in [1.82, 2.24) is 4.90 Å². The second-order valence-corrected chi connectivity index (χ2v) is 4.02. The molecular weight excluding hydrogens is 202 g/mol. The minimum Gasteiger partial charge on any atom is -0.375 e. The predicted molar refractivity (Wildman–Crippen MR) is 61.9 cm³/mol. The lowest BCUT2D eigenvalue weighted by Gasteiger charge is -2.15. The second-order valence-electron chi connectivity index (χ2n) is 4.02. The number of hydrogen-bond acceptors (Lipinski definition) is 2. The normalized spacial score (nSPS) is 15.8. The molecule has 1 saturated heterocycles. The summed E-state index contributed by atoms with van der Waals surface area (Å²) in [6, 6.07) is 10.1. The Kier molecular flexibility index (Phi) is 3.94. The monoisotopic (exact) mass is 219 g/mol. The van der Waals surface area contributed by atoms with Gasteiger partial charge in [0, 0.05) is 19.5 Å². The van der Waals surface area contributed by atoms with Crippen LogP contribution in [-0.4, -0.2) is 30.5 Å². The highest BCUT2D eigenvalue weighted by molar-refractivity contribution is 5.77. The van der Waals surface area contributed by atoms with Gasteiger partial charge >= 0.3 is 0 Å². The maximum absolute atomic E-state index is 11.3. The molecule has 1 aliphatic heterocycles. The zero-order valence-corrected chi connectivity index (χ0v) is 9.39. The molecule has 1 fully saturated rings. The highest BCUT2D eigenvalue weighted by Gasteiger charge is 2.18. The van der Waals surface area contributed by atoms with Crippen LogP contribution in [0, 0.1) is 0 Å². The molecule has 3 nitrogen and oxygen atoms in total. The Labute approximate surface area is 96.0 Å². The van der Waals surface area contributed by atoms with Crippen molar-refractivity contribution < 1.29 is 9.53 Å². The molecule has 1 heterocycles. The van der Waals surface area contributed by atoms with Gasteiger partial charge in [-0.15, -0.1) is 0 Å². The van der Waals surface area contributed by atoms with Crippen molar-refractivity contribution in [2.24, 2.45) is 0 Å². The number of carbonyl (C=O) groups excluding carboxylic acids is 1. The highest BCUT2D eigenvalue weighted by Crippen LogP contribution is 2.08. The van der Waals surface area contributed by atoms with E-state index in [1.165, 1.54) is 5.56 Å². The fraction of sp³-hybridized carbons (Fsp3) is 0.462. The van der Waals surface area contributed by atoms with Gasteiger partial charge in [0.2, 0.25) is 5.91 Å². The van der Waals surface area contributed by atoms with E-state index in [1.807, 2.05) is 35.2 Å². The van der Waals surface area contributed by atoms with Crippen LogP contribution in [0.25, 0.3) is 0 Å². The van der Waals surface area contributed by atoms with E-state index in [2.05, 4.69) is 0 Å². The summed E-state index contributed by atoms with van der Waals surface area (Å²) in [5.41, 5.74) is 1.18. The van der Waals surface area contributed by atoms with E-state index in [1.54, 1.807) is 0 Å². The number of amides is 1. The van der Waals surface area contributed by atoms with Crippen molar-refractivity contribution in [3.63, 3.8) is 0 Å². The number of benzene rings is 1. The fourth-order valence-electron chi connectivity index (χ4n) is 1.88. The van der Waals surface area contributed by atoms with Gasteiger partial charge in [-0.1, -0.05) is 30.3 Å². The van der Waals surface area contributed by atoms with E-state index in [0.717, 1.165) is 19.5 Å². The van der Waals surface area contributed by atoms with Crippen molar-refractivity contribution in [2.75, 3.05) is 19.7 Å². The highest BCUT2D eigenvalue weighted by atomic mass is 16.5. The molecular formula is C13H17NO2. The topological polar surface area (TPSA) is 29.5 Å². The Balaban J connectivity index is 1.64. The summed E-state index contributed by atoms with van der Waals surface area (Å²) in [5.74, 6) is 0.267. The Morgan fingerprint density at radius 2 is 2.06 bits per heavy atom. The quantitative estimate of drug-likeness (QED) is 0.707. The molecule has 0 unspecified atom stereocenters. The predicted octanol–water partition coefficient (Wildman–Crippen LogP) is 1.83. The lowest BCUT2D eigenvalue weighted by atomic mass is 10.2. The van der Waals surface area contributed by atoms with E-state index in [-0.39, 0.29) is 5.91 Å². The third-order valence-corrected chi connectivity index (χ3v) is 2.79. The number of nitrogens with zero attached hydrogens (tertiary/aromatic N) is 1. The minimum atomic E-state index is 0.267. The third-order valence-electron chi connectivity index (χ3n) is 2.79. The maximum Gasteiger partial charge on any atom is 0.222 e. The summed E-state index contributed by atoms with van der Waals surface area (Å²) in [4.78, 5) is 13.2. The molecule has 3 heteroatoms. The first-order chi connectivity index (χ1) is 7.86. The number of rotatable bonds is 5. The first kappa shape index (κ1) is 11.1. The van der Waals surface area contributed by atoms with Gasteiger partial charge in [0.1, 0.15) is 0 Å². The number of hydrogen-bond donors (Lipinski definition) is 0. The molecule has 86 valence electrons. The molecule has 0 bridgehead atoms. The van der Waals surface area contributed by atoms with Crippen LogP contribution in [0.3, 0.4) is 0 Å². The standard InChI is InChI=1S/C13H17NO2/c15-13-7-4-8-14(13)9-10-16-11-12-5-2-1-3-6-12/h1-3,5-6H,4,7-11H2. The van der Waals surface area contributed by atoms with Crippen LogP contribution in [0.4, 0.5) is 0 Å². The van der Waals surface area contributed by atoms with Crippen molar-refractivity contribution in [1.29, 1.82) is 0 Å². The molecule has 0 radical (unpaired) electrons. The van der Waals surface area contributed by atoms with Crippen LogP contribution in [0.2, 0.25) is 0 Å². The zero-order chi connectivity index (χ0) is 11.2. The van der Waals surface area contributed by atoms with Crippen LogP contribution in [0.15, 0.2) is 30.3 Å². The summed E-state index contributed by atoms with van der Waals surface area (Å²) in [5, 5.41) is 0. The molecule has 1 aromatic rings. The van der Waals surface area contributed by atoms with Crippen molar-refractivity contribution in [2.45, 2.75) is 19.4 Å². The fourth-order valence-corrected chi connectivity index (χ4v) is 1.88. The van der Waals surface area contributed by atoms with Crippen LogP contribution >= 0.6 is 0 Å². The molecule has 0 aliphatic carbocycles. The van der Waals surface area contributed by atoms with Crippen LogP contribution in [0.1, 0.15) is 18.4 Å². The smallest absolute Gasteiger partial charge is 0.222 e.